The Kier molecular flexibility index (Phi) is 3.36. The molecule has 0 spiro atoms. The van der Waals surface area contributed by atoms with Gasteiger partial charge in [-0.05, 0) is 33.4 Å². The Morgan fingerprint density at radius 2 is 2.45 bits per heavy atom. The van der Waals surface area contributed by atoms with Crippen molar-refractivity contribution in [1.82, 2.24) is 4.90 Å². The average Bonchev–Trinajstić information content (AvgIpc) is 2.01. The van der Waals surface area contributed by atoms with Crippen molar-refractivity contribution in [2.24, 2.45) is 5.16 Å². The van der Waals surface area contributed by atoms with E-state index in [4.69, 9.17) is 4.84 Å². The third kappa shape index (κ3) is 2.89. The lowest BCUT2D eigenvalue weighted by molar-refractivity contribution is 0.0106. The first-order chi connectivity index (χ1) is 5.33. The zero-order valence-electron chi connectivity index (χ0n) is 7.29. The third-order valence-electron chi connectivity index (χ3n) is 1.90. The Labute approximate surface area is 68.0 Å². The van der Waals surface area contributed by atoms with Crippen LogP contribution in [-0.2, 0) is 4.84 Å². The van der Waals surface area contributed by atoms with Gasteiger partial charge in [0.2, 0.25) is 0 Å². The zero-order chi connectivity index (χ0) is 8.10. The molecule has 0 aromatic heterocycles. The lowest BCUT2D eigenvalue weighted by atomic mass is 10.1. The fourth-order valence-electron chi connectivity index (χ4n) is 1.35. The summed E-state index contributed by atoms with van der Waals surface area (Å²) in [6, 6.07) is 0. The molecule has 1 aliphatic rings. The van der Waals surface area contributed by atoms with Crippen molar-refractivity contribution in [3.63, 3.8) is 0 Å². The molecule has 0 aromatic rings. The van der Waals surface area contributed by atoms with Crippen molar-refractivity contribution in [3.8, 4) is 0 Å². The Bertz CT molecular complexity index is 136. The van der Waals surface area contributed by atoms with Gasteiger partial charge < -0.3 is 9.74 Å². The minimum Gasteiger partial charge on any atom is -0.391 e. The van der Waals surface area contributed by atoms with Crippen molar-refractivity contribution < 1.29 is 4.84 Å². The van der Waals surface area contributed by atoms with E-state index in [1.54, 1.807) is 6.21 Å². The smallest absolute Gasteiger partial charge is 0.140 e. The van der Waals surface area contributed by atoms with Crippen LogP contribution in [0.25, 0.3) is 0 Å². The van der Waals surface area contributed by atoms with Crippen molar-refractivity contribution in [3.05, 3.63) is 0 Å². The molecular weight excluding hydrogens is 140 g/mol. The molecule has 3 heteroatoms. The van der Waals surface area contributed by atoms with Gasteiger partial charge in [0.05, 0.1) is 0 Å². The maximum atomic E-state index is 5.23. The average molecular weight is 156 g/mol. The summed E-state index contributed by atoms with van der Waals surface area (Å²) in [6.45, 7) is 4.07. The molecule has 1 saturated heterocycles. The van der Waals surface area contributed by atoms with E-state index in [2.05, 4.69) is 17.1 Å². The van der Waals surface area contributed by atoms with E-state index in [0.717, 1.165) is 13.0 Å². The van der Waals surface area contributed by atoms with Crippen LogP contribution in [0.5, 0.6) is 0 Å². The van der Waals surface area contributed by atoms with E-state index in [9.17, 15) is 0 Å². The van der Waals surface area contributed by atoms with E-state index >= 15 is 0 Å². The first kappa shape index (κ1) is 8.53. The van der Waals surface area contributed by atoms with Crippen molar-refractivity contribution >= 4 is 6.21 Å². The Morgan fingerprint density at radius 3 is 3.09 bits per heavy atom. The van der Waals surface area contributed by atoms with Gasteiger partial charge in [-0.15, -0.1) is 0 Å². The summed E-state index contributed by atoms with van der Waals surface area (Å²) in [6.07, 6.45) is 4.36. The molecule has 1 fully saturated rings. The quantitative estimate of drug-likeness (QED) is 0.442. The second-order valence-corrected chi connectivity index (χ2v) is 3.00. The number of rotatable bonds is 2. The summed E-state index contributed by atoms with van der Waals surface area (Å²) in [7, 11) is 2.12. The van der Waals surface area contributed by atoms with Gasteiger partial charge in [-0.3, -0.25) is 0 Å². The Balaban J connectivity index is 2.22. The summed E-state index contributed by atoms with van der Waals surface area (Å²) in [5, 5.41) is 3.78. The normalized spacial score (nSPS) is 27.6. The molecule has 1 atom stereocenters. The number of likely N-dealkylation sites (tertiary alicyclic amines) is 1. The Morgan fingerprint density at radius 1 is 1.64 bits per heavy atom. The molecule has 3 nitrogen and oxygen atoms in total. The molecule has 0 bridgehead atoms. The minimum absolute atomic E-state index is 0.310. The van der Waals surface area contributed by atoms with E-state index in [0.29, 0.717) is 6.10 Å². The lowest BCUT2D eigenvalue weighted by Crippen LogP contribution is -2.36. The molecular formula is C8H16N2O. The van der Waals surface area contributed by atoms with Crippen LogP contribution in [0.15, 0.2) is 5.16 Å². The first-order valence-electron chi connectivity index (χ1n) is 4.15. The summed E-state index contributed by atoms with van der Waals surface area (Å²) < 4.78 is 0. The predicted octanol–water partition coefficient (Wildman–Crippen LogP) is 1.10. The number of hydrogen-bond acceptors (Lipinski definition) is 3. The van der Waals surface area contributed by atoms with Gasteiger partial charge in [0.25, 0.3) is 0 Å². The van der Waals surface area contributed by atoms with Crippen LogP contribution >= 0.6 is 0 Å². The van der Waals surface area contributed by atoms with Gasteiger partial charge in [-0.2, -0.15) is 0 Å². The lowest BCUT2D eigenvalue weighted by Gasteiger charge is -2.27. The van der Waals surface area contributed by atoms with Crippen LogP contribution in [0.4, 0.5) is 0 Å². The predicted molar refractivity (Wildman–Crippen MR) is 45.8 cm³/mol. The SMILES string of the molecule is C/C=N/O[C@H]1CCCN(C)C1. The van der Waals surface area contributed by atoms with Gasteiger partial charge >= 0.3 is 0 Å². The summed E-state index contributed by atoms with van der Waals surface area (Å²) >= 11 is 0. The molecule has 1 heterocycles. The highest BCUT2D eigenvalue weighted by Crippen LogP contribution is 2.11. The summed E-state index contributed by atoms with van der Waals surface area (Å²) in [4.78, 5) is 7.51. The van der Waals surface area contributed by atoms with Crippen LogP contribution < -0.4 is 0 Å². The zero-order valence-corrected chi connectivity index (χ0v) is 7.29. The standard InChI is InChI=1S/C8H16N2O/c1-3-9-11-8-5-4-6-10(2)7-8/h3,8H,4-7H2,1-2H3/b9-3+/t8-/m0/s1. The first-order valence-corrected chi connectivity index (χ1v) is 4.15. The van der Waals surface area contributed by atoms with Gasteiger partial charge in [0, 0.05) is 12.8 Å². The van der Waals surface area contributed by atoms with Gasteiger partial charge in [-0.1, -0.05) is 5.16 Å². The molecule has 0 N–H and O–H groups in total. The van der Waals surface area contributed by atoms with E-state index < -0.39 is 0 Å². The van der Waals surface area contributed by atoms with Crippen molar-refractivity contribution in [2.45, 2.75) is 25.9 Å². The molecule has 0 saturated carbocycles. The second-order valence-electron chi connectivity index (χ2n) is 3.00. The second kappa shape index (κ2) is 4.34. The highest BCUT2D eigenvalue weighted by molar-refractivity contribution is 5.52. The highest BCUT2D eigenvalue weighted by Gasteiger charge is 2.17. The largest absolute Gasteiger partial charge is 0.391 e. The van der Waals surface area contributed by atoms with Gasteiger partial charge in [0.1, 0.15) is 6.10 Å². The molecule has 1 rings (SSSR count). The Hall–Kier alpha value is -0.570. The highest BCUT2D eigenvalue weighted by atomic mass is 16.6. The molecule has 64 valence electrons. The minimum atomic E-state index is 0.310. The topological polar surface area (TPSA) is 24.8 Å². The monoisotopic (exact) mass is 156 g/mol. The molecule has 0 unspecified atom stereocenters. The number of piperidine rings is 1. The van der Waals surface area contributed by atoms with Crippen LogP contribution in [0.2, 0.25) is 0 Å². The molecule has 1 aliphatic heterocycles. The van der Waals surface area contributed by atoms with E-state index in [1.165, 1.54) is 13.0 Å². The number of likely N-dealkylation sites (N-methyl/N-ethyl adjacent to an activating group) is 1. The summed E-state index contributed by atoms with van der Waals surface area (Å²) in [5.41, 5.74) is 0. The number of nitrogens with zero attached hydrogens (tertiary/aromatic N) is 2. The maximum Gasteiger partial charge on any atom is 0.140 e. The van der Waals surface area contributed by atoms with Gasteiger partial charge in [0.15, 0.2) is 0 Å². The van der Waals surface area contributed by atoms with Crippen LogP contribution in [0, 0.1) is 0 Å². The molecule has 0 amide bonds. The van der Waals surface area contributed by atoms with E-state index in [1.807, 2.05) is 6.92 Å². The molecule has 11 heavy (non-hydrogen) atoms. The number of oxime groups is 1. The number of hydrogen-bond donors (Lipinski definition) is 0. The van der Waals surface area contributed by atoms with Crippen LogP contribution in [0.3, 0.4) is 0 Å². The molecule has 0 aromatic carbocycles. The molecule has 0 aliphatic carbocycles. The fraction of sp³-hybridized carbons (Fsp3) is 0.875. The van der Waals surface area contributed by atoms with Gasteiger partial charge in [-0.25, -0.2) is 0 Å². The molecule has 0 radical (unpaired) electrons. The third-order valence-corrected chi connectivity index (χ3v) is 1.90. The van der Waals surface area contributed by atoms with Crippen LogP contribution in [0.1, 0.15) is 19.8 Å². The van der Waals surface area contributed by atoms with E-state index in [-0.39, 0.29) is 0 Å². The van der Waals surface area contributed by atoms with Crippen molar-refractivity contribution in [1.29, 1.82) is 0 Å². The maximum absolute atomic E-state index is 5.23. The van der Waals surface area contributed by atoms with Crippen LogP contribution in [-0.4, -0.2) is 37.4 Å². The van der Waals surface area contributed by atoms with Crippen molar-refractivity contribution in [2.75, 3.05) is 20.1 Å². The fourth-order valence-corrected chi connectivity index (χ4v) is 1.35. The summed E-state index contributed by atoms with van der Waals surface area (Å²) in [5.74, 6) is 0.